The van der Waals surface area contributed by atoms with Crippen LogP contribution in [-0.2, 0) is 13.1 Å². The van der Waals surface area contributed by atoms with Crippen LogP contribution < -0.4 is 5.32 Å². The number of rotatable bonds is 0. The molecule has 0 aromatic carbocycles. The van der Waals surface area contributed by atoms with Gasteiger partial charge in [0.15, 0.2) is 0 Å². The largest absolute Gasteiger partial charge is 0.307 e. The van der Waals surface area contributed by atoms with Crippen molar-refractivity contribution >= 4 is 24.0 Å². The SMILES string of the molecule is Cc1nc2c(c(C)c1Cl)CNC2.Cl. The zero-order chi connectivity index (χ0) is 8.72. The highest BCUT2D eigenvalue weighted by Gasteiger charge is 2.17. The zero-order valence-corrected chi connectivity index (χ0v) is 9.22. The van der Waals surface area contributed by atoms with Crippen molar-refractivity contribution in [3.05, 3.63) is 27.5 Å². The summed E-state index contributed by atoms with van der Waals surface area (Å²) in [7, 11) is 0. The fourth-order valence-corrected chi connectivity index (χ4v) is 1.78. The monoisotopic (exact) mass is 218 g/mol. The number of hydrogen-bond acceptors (Lipinski definition) is 2. The number of halogens is 2. The zero-order valence-electron chi connectivity index (χ0n) is 7.65. The number of aryl methyl sites for hydroxylation is 1. The van der Waals surface area contributed by atoms with Crippen LogP contribution in [0.2, 0.25) is 5.02 Å². The van der Waals surface area contributed by atoms with E-state index < -0.39 is 0 Å². The molecule has 0 saturated heterocycles. The molecule has 1 N–H and O–H groups in total. The molecular formula is C9H12Cl2N2. The first-order chi connectivity index (χ1) is 5.70. The Morgan fingerprint density at radius 3 is 2.69 bits per heavy atom. The predicted molar refractivity (Wildman–Crippen MR) is 56.5 cm³/mol. The summed E-state index contributed by atoms with van der Waals surface area (Å²) in [4.78, 5) is 4.42. The van der Waals surface area contributed by atoms with Crippen molar-refractivity contribution in [3.63, 3.8) is 0 Å². The van der Waals surface area contributed by atoms with E-state index in [2.05, 4.69) is 17.2 Å². The van der Waals surface area contributed by atoms with Crippen LogP contribution in [0.3, 0.4) is 0 Å². The molecule has 0 fully saturated rings. The molecule has 0 radical (unpaired) electrons. The molecule has 0 saturated carbocycles. The lowest BCUT2D eigenvalue weighted by atomic mass is 10.1. The average Bonchev–Trinajstić information content (AvgIpc) is 2.48. The van der Waals surface area contributed by atoms with Gasteiger partial charge in [-0.1, -0.05) is 11.6 Å². The molecule has 1 aromatic heterocycles. The van der Waals surface area contributed by atoms with Crippen LogP contribution in [0.1, 0.15) is 22.5 Å². The van der Waals surface area contributed by atoms with E-state index in [9.17, 15) is 0 Å². The van der Waals surface area contributed by atoms with Crippen molar-refractivity contribution in [1.29, 1.82) is 0 Å². The highest BCUT2D eigenvalue weighted by Crippen LogP contribution is 2.26. The number of aromatic nitrogens is 1. The summed E-state index contributed by atoms with van der Waals surface area (Å²) in [5.41, 5.74) is 4.57. The Balaban J connectivity index is 0.000000845. The average molecular weight is 219 g/mol. The summed E-state index contributed by atoms with van der Waals surface area (Å²) in [6, 6.07) is 0. The van der Waals surface area contributed by atoms with E-state index >= 15 is 0 Å². The van der Waals surface area contributed by atoms with Gasteiger partial charge in [-0.05, 0) is 25.0 Å². The Labute approximate surface area is 89.1 Å². The first-order valence-electron chi connectivity index (χ1n) is 4.05. The third kappa shape index (κ3) is 1.66. The van der Waals surface area contributed by atoms with E-state index in [0.717, 1.165) is 29.5 Å². The van der Waals surface area contributed by atoms with Gasteiger partial charge in [-0.3, -0.25) is 4.98 Å². The predicted octanol–water partition coefficient (Wildman–Crippen LogP) is 2.38. The molecule has 4 heteroatoms. The lowest BCUT2D eigenvalue weighted by Crippen LogP contribution is -2.00. The van der Waals surface area contributed by atoms with Crippen molar-refractivity contribution in [2.45, 2.75) is 26.9 Å². The molecule has 0 unspecified atom stereocenters. The molecule has 0 aliphatic carbocycles. The highest BCUT2D eigenvalue weighted by molar-refractivity contribution is 6.32. The van der Waals surface area contributed by atoms with Gasteiger partial charge >= 0.3 is 0 Å². The minimum atomic E-state index is 0. The van der Waals surface area contributed by atoms with E-state index in [1.54, 1.807) is 0 Å². The van der Waals surface area contributed by atoms with Gasteiger partial charge in [0.05, 0.1) is 16.4 Å². The van der Waals surface area contributed by atoms with Crippen LogP contribution in [-0.4, -0.2) is 4.98 Å². The van der Waals surface area contributed by atoms with E-state index in [1.165, 1.54) is 11.1 Å². The number of fused-ring (bicyclic) bond motifs is 1. The fourth-order valence-electron chi connectivity index (χ4n) is 1.63. The van der Waals surface area contributed by atoms with Gasteiger partial charge in [0, 0.05) is 13.1 Å². The van der Waals surface area contributed by atoms with Gasteiger partial charge in [-0.25, -0.2) is 0 Å². The summed E-state index contributed by atoms with van der Waals surface area (Å²) < 4.78 is 0. The van der Waals surface area contributed by atoms with Crippen molar-refractivity contribution < 1.29 is 0 Å². The van der Waals surface area contributed by atoms with E-state index in [-0.39, 0.29) is 12.4 Å². The fraction of sp³-hybridized carbons (Fsp3) is 0.444. The van der Waals surface area contributed by atoms with Crippen LogP contribution >= 0.6 is 24.0 Å². The molecule has 2 rings (SSSR count). The number of nitrogens with one attached hydrogen (secondary N) is 1. The van der Waals surface area contributed by atoms with Crippen molar-refractivity contribution in [2.24, 2.45) is 0 Å². The van der Waals surface area contributed by atoms with Crippen molar-refractivity contribution in [1.82, 2.24) is 10.3 Å². The molecule has 1 aromatic rings. The minimum absolute atomic E-state index is 0. The Bertz CT molecular complexity index is 337. The molecule has 72 valence electrons. The summed E-state index contributed by atoms with van der Waals surface area (Å²) in [6.07, 6.45) is 0. The second-order valence-electron chi connectivity index (χ2n) is 3.16. The quantitative estimate of drug-likeness (QED) is 0.724. The Morgan fingerprint density at radius 1 is 1.31 bits per heavy atom. The van der Waals surface area contributed by atoms with Gasteiger partial charge in [0.25, 0.3) is 0 Å². The molecule has 0 spiro atoms. The van der Waals surface area contributed by atoms with Crippen molar-refractivity contribution in [2.75, 3.05) is 0 Å². The summed E-state index contributed by atoms with van der Waals surface area (Å²) in [6.45, 7) is 5.80. The topological polar surface area (TPSA) is 24.9 Å². The van der Waals surface area contributed by atoms with Crippen LogP contribution in [0.5, 0.6) is 0 Å². The maximum Gasteiger partial charge on any atom is 0.0651 e. The van der Waals surface area contributed by atoms with Crippen molar-refractivity contribution in [3.8, 4) is 0 Å². The lowest BCUT2D eigenvalue weighted by Gasteiger charge is -2.06. The second kappa shape index (κ2) is 3.82. The molecule has 2 nitrogen and oxygen atoms in total. The van der Waals surface area contributed by atoms with Gasteiger partial charge in [-0.2, -0.15) is 0 Å². The molecule has 2 heterocycles. The minimum Gasteiger partial charge on any atom is -0.307 e. The van der Waals surface area contributed by atoms with E-state index in [4.69, 9.17) is 11.6 Å². The standard InChI is InChI=1S/C9H11ClN2.ClH/c1-5-7-3-11-4-8(7)12-6(2)9(5)10;/h11H,3-4H2,1-2H3;1H. The molecule has 0 amide bonds. The summed E-state index contributed by atoms with van der Waals surface area (Å²) in [5.74, 6) is 0. The normalized spacial score (nSPS) is 13.8. The highest BCUT2D eigenvalue weighted by atomic mass is 35.5. The molecule has 0 bridgehead atoms. The number of pyridine rings is 1. The maximum absolute atomic E-state index is 6.07. The molecule has 1 aliphatic rings. The Morgan fingerprint density at radius 2 is 2.00 bits per heavy atom. The van der Waals surface area contributed by atoms with Gasteiger partial charge in [0.2, 0.25) is 0 Å². The first kappa shape index (κ1) is 10.8. The number of hydrogen-bond donors (Lipinski definition) is 1. The molecule has 13 heavy (non-hydrogen) atoms. The van der Waals surface area contributed by atoms with Gasteiger partial charge < -0.3 is 5.32 Å². The van der Waals surface area contributed by atoms with Gasteiger partial charge in [0.1, 0.15) is 0 Å². The smallest absolute Gasteiger partial charge is 0.0651 e. The van der Waals surface area contributed by atoms with Crippen LogP contribution in [0.25, 0.3) is 0 Å². The molecule has 0 atom stereocenters. The van der Waals surface area contributed by atoms with Crippen LogP contribution in [0.15, 0.2) is 0 Å². The first-order valence-corrected chi connectivity index (χ1v) is 4.43. The van der Waals surface area contributed by atoms with Crippen LogP contribution in [0, 0.1) is 13.8 Å². The third-order valence-corrected chi connectivity index (χ3v) is 2.90. The summed E-state index contributed by atoms with van der Waals surface area (Å²) in [5, 5.41) is 4.08. The number of nitrogens with zero attached hydrogens (tertiary/aromatic N) is 1. The molecule has 1 aliphatic heterocycles. The van der Waals surface area contributed by atoms with E-state index in [1.807, 2.05) is 6.92 Å². The second-order valence-corrected chi connectivity index (χ2v) is 3.54. The lowest BCUT2D eigenvalue weighted by molar-refractivity contribution is 0.756. The maximum atomic E-state index is 6.07. The Kier molecular flexibility index (Phi) is 3.17. The third-order valence-electron chi connectivity index (χ3n) is 2.34. The molecular weight excluding hydrogens is 207 g/mol. The van der Waals surface area contributed by atoms with Crippen LogP contribution in [0.4, 0.5) is 0 Å². The van der Waals surface area contributed by atoms with Gasteiger partial charge in [-0.15, -0.1) is 12.4 Å². The summed E-state index contributed by atoms with van der Waals surface area (Å²) >= 11 is 6.07. The van der Waals surface area contributed by atoms with E-state index in [0.29, 0.717) is 0 Å². The Hall–Kier alpha value is -0.310.